The standard InChI is InChI=1S/C70H116N26O18/c1-12-38(8)55(93-65(108)54(37(6)7)91-64(107)52(35(2)3)90-51(99)34-83-50(98)33-84-59(102)42-20-13-14-21-43(42)78-11)66(109)85-39(9)58(101)94-56(40(10)97)67(110)92-53(36(4)5)63(106)89-46(22-15-16-28-79-44-27-26-41(95(111)112)32-49(44)96(113)114)61(104)88-48(25-19-31-82-70(76)77)62(105)87-47(24-18-30-81-69(74)75)60(103)86-45(57(71)100)23-17-29-80-68(72)73/h13-14,20-21,26-27,32,35-40,45-48,52-56,78-79,97H,12,15-19,22-25,28-31,33-34H2,1-11H3,(H2,71,100)(H,83,98)(H,84,102)(H,85,109)(H,86,103)(H,87,105)(H,88,104)(H,89,106)(H,90,99)(H,91,107)(H,92,110)(H,93,108)(H,94,101)(H4,72,73,80)(H4,74,75,81)(H4,76,77,82)/t38-,39-,40+,45+,46-,47+,48+,52-,53-,54-,55-,56-/m0/s1. The molecule has 0 heterocycles. The van der Waals surface area contributed by atoms with E-state index in [4.69, 9.17) is 40.1 Å². The van der Waals surface area contributed by atoms with E-state index in [1.165, 1.54) is 20.8 Å². The minimum atomic E-state index is -1.84. The normalized spacial score (nSPS) is 14.1. The zero-order valence-corrected chi connectivity index (χ0v) is 66.2. The first-order valence-corrected chi connectivity index (χ1v) is 37.2. The number of rotatable bonds is 52. The molecule has 0 radical (unpaired) electrons. The lowest BCUT2D eigenvalue weighted by Crippen LogP contribution is -2.63. The third-order valence-electron chi connectivity index (χ3n) is 17.7. The molecule has 12 atom stereocenters. The molecule has 44 nitrogen and oxygen atoms in total. The minimum absolute atomic E-state index is 0.0142. The van der Waals surface area contributed by atoms with E-state index in [-0.39, 0.29) is 113 Å². The number of nitro benzene ring substituents is 2. The van der Waals surface area contributed by atoms with Crippen molar-refractivity contribution in [2.45, 2.75) is 200 Å². The number of hydrogen-bond acceptors (Lipinski definition) is 23. The van der Waals surface area contributed by atoms with Crippen molar-refractivity contribution in [3.05, 3.63) is 68.3 Å². The number of unbranched alkanes of at least 4 members (excludes halogenated alkanes) is 1. The summed E-state index contributed by atoms with van der Waals surface area (Å²) in [5.74, 6) is -14.9. The number of nitrogens with two attached hydrogens (primary N) is 7. The molecule has 29 N–H and O–H groups in total. The van der Waals surface area contributed by atoms with E-state index >= 15 is 0 Å². The van der Waals surface area contributed by atoms with Crippen LogP contribution >= 0.6 is 0 Å². The molecule has 0 aliphatic carbocycles. The number of hydrogen-bond donors (Lipinski definition) is 22. The van der Waals surface area contributed by atoms with Crippen LogP contribution in [0.15, 0.2) is 57.4 Å². The maximum Gasteiger partial charge on any atom is 0.299 e. The number of carbonyl (C=O) groups is 13. The molecule has 2 aromatic rings. The molecule has 2 aromatic carbocycles. The summed E-state index contributed by atoms with van der Waals surface area (Å²) in [7, 11) is 1.63. The highest BCUT2D eigenvalue weighted by molar-refractivity contribution is 6.02. The molecule has 0 aliphatic rings. The highest BCUT2D eigenvalue weighted by atomic mass is 16.6. The van der Waals surface area contributed by atoms with E-state index in [0.29, 0.717) is 12.1 Å². The van der Waals surface area contributed by atoms with Gasteiger partial charge in [-0.3, -0.25) is 97.5 Å². The van der Waals surface area contributed by atoms with E-state index in [9.17, 15) is 87.7 Å². The van der Waals surface area contributed by atoms with Crippen molar-refractivity contribution >= 4 is 117 Å². The molecule has 0 saturated heterocycles. The maximum absolute atomic E-state index is 14.8. The van der Waals surface area contributed by atoms with Gasteiger partial charge in [0, 0.05) is 45.0 Å². The van der Waals surface area contributed by atoms with Crippen LogP contribution in [0.3, 0.4) is 0 Å². The van der Waals surface area contributed by atoms with E-state index < -0.39 is 201 Å². The van der Waals surface area contributed by atoms with Gasteiger partial charge in [0.15, 0.2) is 17.9 Å². The summed E-state index contributed by atoms with van der Waals surface area (Å²) in [5.41, 5.74) is 38.2. The molecule has 0 saturated carbocycles. The van der Waals surface area contributed by atoms with Crippen LogP contribution in [0.5, 0.6) is 0 Å². The molecule has 0 spiro atoms. The fourth-order valence-corrected chi connectivity index (χ4v) is 11.0. The Morgan fingerprint density at radius 1 is 0.447 bits per heavy atom. The number of nitro groups is 2. The highest BCUT2D eigenvalue weighted by Gasteiger charge is 2.39. The van der Waals surface area contributed by atoms with Crippen molar-refractivity contribution in [1.29, 1.82) is 0 Å². The van der Waals surface area contributed by atoms with Crippen molar-refractivity contribution in [2.75, 3.05) is 56.9 Å². The number of non-ortho nitro benzene ring substituents is 1. The van der Waals surface area contributed by atoms with Crippen LogP contribution in [0.4, 0.5) is 22.7 Å². The molecule has 0 bridgehead atoms. The number of aliphatic hydroxyl groups excluding tert-OH is 1. The van der Waals surface area contributed by atoms with Gasteiger partial charge in [-0.25, -0.2) is 0 Å². The van der Waals surface area contributed by atoms with Gasteiger partial charge in [-0.1, -0.05) is 73.9 Å². The third-order valence-corrected chi connectivity index (χ3v) is 17.7. The molecular weight excluding hydrogens is 1490 g/mol. The number of anilines is 2. The Labute approximate surface area is 660 Å². The highest BCUT2D eigenvalue weighted by Crippen LogP contribution is 2.29. The molecule has 0 unspecified atom stereocenters. The lowest BCUT2D eigenvalue weighted by molar-refractivity contribution is -0.393. The Morgan fingerprint density at radius 3 is 1.31 bits per heavy atom. The summed E-state index contributed by atoms with van der Waals surface area (Å²) in [6, 6.07) is -5.15. The zero-order valence-electron chi connectivity index (χ0n) is 66.2. The first kappa shape index (κ1) is 97.8. The summed E-state index contributed by atoms with van der Waals surface area (Å²) in [6.45, 7) is 14.1. The number of benzene rings is 2. The van der Waals surface area contributed by atoms with Crippen LogP contribution in [0.1, 0.15) is 144 Å². The van der Waals surface area contributed by atoms with Crippen LogP contribution in [-0.4, -0.2) is 222 Å². The molecular formula is C70H116N26O18. The smallest absolute Gasteiger partial charge is 0.299 e. The molecule has 0 fully saturated rings. The van der Waals surface area contributed by atoms with E-state index in [0.717, 1.165) is 25.1 Å². The second-order valence-electron chi connectivity index (χ2n) is 28.0. The van der Waals surface area contributed by atoms with Gasteiger partial charge in [0.05, 0.1) is 40.7 Å². The average molecular weight is 1610 g/mol. The van der Waals surface area contributed by atoms with Gasteiger partial charge in [-0.15, -0.1) is 0 Å². The molecule has 0 aromatic heterocycles. The lowest BCUT2D eigenvalue weighted by atomic mass is 9.95. The third kappa shape index (κ3) is 35.0. The fraction of sp³-hybridized carbons (Fsp3) is 0.600. The van der Waals surface area contributed by atoms with Crippen molar-refractivity contribution in [2.24, 2.45) is 78.8 Å². The van der Waals surface area contributed by atoms with E-state index in [1.54, 1.807) is 72.9 Å². The Hall–Kier alpha value is -12.3. The second-order valence-corrected chi connectivity index (χ2v) is 28.0. The van der Waals surface area contributed by atoms with Gasteiger partial charge in [-0.05, 0) is 114 Å². The Morgan fingerprint density at radius 2 is 0.860 bits per heavy atom. The summed E-state index contributed by atoms with van der Waals surface area (Å²) < 4.78 is 0. The predicted octanol–water partition coefficient (Wildman–Crippen LogP) is -4.42. The molecule has 0 aliphatic heterocycles. The molecule has 44 heteroatoms. The van der Waals surface area contributed by atoms with Crippen LogP contribution in [0, 0.1) is 43.9 Å². The van der Waals surface area contributed by atoms with Crippen LogP contribution in [0.25, 0.3) is 0 Å². The largest absolute Gasteiger partial charge is 0.391 e. The number of aliphatic hydroxyl groups is 1. The maximum atomic E-state index is 14.8. The molecule has 634 valence electrons. The monoisotopic (exact) mass is 1610 g/mol. The van der Waals surface area contributed by atoms with Gasteiger partial charge in [-0.2, -0.15) is 0 Å². The lowest BCUT2D eigenvalue weighted by Gasteiger charge is -2.31. The zero-order chi connectivity index (χ0) is 86.2. The Balaban J connectivity index is 2.48. The predicted molar refractivity (Wildman–Crippen MR) is 423 cm³/mol. The Bertz CT molecular complexity index is 3730. The SMILES string of the molecule is CC[C@H](C)[C@H](NC(=O)[C@@H](NC(=O)[C@@H](NC(=O)CNC(=O)CNC(=O)c1ccccc1NC)C(C)C)C(C)C)C(=O)N[C@@H](C)C(=O)N[C@H](C(=O)N[C@H](C(=O)N[C@@H](CCCCNc1ccc([N+](=O)[O-])cc1[N+](=O)[O-])C(=O)N[C@H](CCCN=C(N)N)C(=O)N[C@H](CCCN=C(N)N)C(=O)N[C@H](CCCN=C(N)N)C(N)=O)C(C)C)[C@@H](C)O. The molecule has 2 rings (SSSR count). The number of guanidine groups is 3. The van der Waals surface area contributed by atoms with Crippen molar-refractivity contribution in [3.8, 4) is 0 Å². The number of aliphatic imine (C=N–C) groups is 3. The first-order valence-electron chi connectivity index (χ1n) is 37.2. The molecule has 13 amide bonds. The van der Waals surface area contributed by atoms with Crippen molar-refractivity contribution in [1.82, 2.24) is 63.8 Å². The van der Waals surface area contributed by atoms with Crippen molar-refractivity contribution in [3.63, 3.8) is 0 Å². The summed E-state index contributed by atoms with van der Waals surface area (Å²) >= 11 is 0. The quantitative estimate of drug-likeness (QED) is 0.00977. The number of nitrogens with zero attached hydrogens (tertiary/aromatic N) is 5. The first-order chi connectivity index (χ1) is 53.5. The number of carbonyl (C=O) groups excluding carboxylic acids is 13. The summed E-state index contributed by atoms with van der Waals surface area (Å²) in [4.78, 5) is 213. The fourth-order valence-electron chi connectivity index (χ4n) is 11.0. The summed E-state index contributed by atoms with van der Waals surface area (Å²) in [6.07, 6.45) is -1.66. The Kier molecular flexibility index (Phi) is 42.8. The van der Waals surface area contributed by atoms with Gasteiger partial charge in [0.25, 0.3) is 17.3 Å². The van der Waals surface area contributed by atoms with E-state index in [1.807, 2.05) is 0 Å². The van der Waals surface area contributed by atoms with E-state index in [2.05, 4.69) is 89.4 Å². The van der Waals surface area contributed by atoms with Gasteiger partial charge in [0.1, 0.15) is 66.1 Å². The van der Waals surface area contributed by atoms with Gasteiger partial charge in [0.2, 0.25) is 70.9 Å². The van der Waals surface area contributed by atoms with Crippen LogP contribution < -0.4 is 115 Å². The number of para-hydroxylation sites is 1. The second kappa shape index (κ2) is 49.9. The average Bonchev–Trinajstić information content (AvgIpc) is 0.856. The minimum Gasteiger partial charge on any atom is -0.391 e. The molecule has 114 heavy (non-hydrogen) atoms. The van der Waals surface area contributed by atoms with Crippen LogP contribution in [0.2, 0.25) is 0 Å². The number of amides is 13. The van der Waals surface area contributed by atoms with Gasteiger partial charge < -0.3 is 120 Å². The van der Waals surface area contributed by atoms with Gasteiger partial charge >= 0.3 is 0 Å². The summed E-state index contributed by atoms with van der Waals surface area (Å²) in [5, 5.41) is 70.6. The topological polar surface area (TPSA) is 716 Å². The van der Waals surface area contributed by atoms with Crippen molar-refractivity contribution < 1.29 is 77.3 Å². The number of nitrogens with one attached hydrogen (secondary N) is 14. The number of primary amides is 1. The van der Waals surface area contributed by atoms with Crippen LogP contribution in [-0.2, 0) is 57.5 Å².